The SMILES string of the molecule is C[C@@]1(c2ccc(C(=N)N)cc2)NC(=O)N(CC(=O)N[C@@H](CC(=O)O)C2CCCCC2)C1=O. The first-order valence-electron chi connectivity index (χ1n) is 10.7. The van der Waals surface area contributed by atoms with Crippen molar-refractivity contribution in [3.8, 4) is 0 Å². The van der Waals surface area contributed by atoms with Gasteiger partial charge in [0.05, 0.1) is 6.42 Å². The van der Waals surface area contributed by atoms with Crippen molar-refractivity contribution in [1.82, 2.24) is 15.5 Å². The molecule has 1 saturated heterocycles. The summed E-state index contributed by atoms with van der Waals surface area (Å²) in [7, 11) is 0. The van der Waals surface area contributed by atoms with Crippen LogP contribution in [-0.2, 0) is 19.9 Å². The maximum absolute atomic E-state index is 13.1. The van der Waals surface area contributed by atoms with Crippen molar-refractivity contribution in [2.75, 3.05) is 6.54 Å². The molecule has 1 aromatic rings. The highest BCUT2D eigenvalue weighted by molar-refractivity contribution is 6.09. The Morgan fingerprint density at radius 3 is 2.44 bits per heavy atom. The van der Waals surface area contributed by atoms with Gasteiger partial charge in [-0.3, -0.25) is 24.7 Å². The van der Waals surface area contributed by atoms with Gasteiger partial charge in [-0.25, -0.2) is 4.79 Å². The van der Waals surface area contributed by atoms with E-state index in [0.29, 0.717) is 11.1 Å². The summed E-state index contributed by atoms with van der Waals surface area (Å²) in [4.78, 5) is 50.4. The second-order valence-electron chi connectivity index (χ2n) is 8.61. The first-order valence-corrected chi connectivity index (χ1v) is 10.7. The Morgan fingerprint density at radius 2 is 1.88 bits per heavy atom. The second-order valence-corrected chi connectivity index (χ2v) is 8.61. The number of hydrogen-bond donors (Lipinski definition) is 5. The standard InChI is InChI=1S/C22H29N5O5/c1-22(15-9-7-14(8-10-15)19(23)24)20(31)27(21(32)26-22)12-17(28)25-16(11-18(29)30)13-5-3-2-4-6-13/h7-10,13,16H,2-6,11-12H2,1H3,(H3,23,24)(H,25,28)(H,26,32)(H,29,30)/t16-,22-/m0/s1. The van der Waals surface area contributed by atoms with Crippen LogP contribution in [0.15, 0.2) is 24.3 Å². The Kier molecular flexibility index (Phi) is 6.81. The summed E-state index contributed by atoms with van der Waals surface area (Å²) >= 11 is 0. The van der Waals surface area contributed by atoms with E-state index < -0.39 is 41.9 Å². The number of carboxylic acid groups (broad SMARTS) is 1. The van der Waals surface area contributed by atoms with E-state index in [-0.39, 0.29) is 18.2 Å². The molecule has 1 saturated carbocycles. The Balaban J connectivity index is 1.70. The summed E-state index contributed by atoms with van der Waals surface area (Å²) in [6, 6.07) is 5.13. The van der Waals surface area contributed by atoms with Gasteiger partial charge in [-0.2, -0.15) is 0 Å². The Bertz CT molecular complexity index is 925. The topological polar surface area (TPSA) is 166 Å². The van der Waals surface area contributed by atoms with Crippen molar-refractivity contribution in [2.45, 2.75) is 57.0 Å². The molecule has 172 valence electrons. The molecule has 2 fully saturated rings. The van der Waals surface area contributed by atoms with Crippen LogP contribution in [0.25, 0.3) is 0 Å². The molecule has 1 aliphatic carbocycles. The number of amides is 4. The van der Waals surface area contributed by atoms with E-state index in [1.165, 1.54) is 0 Å². The van der Waals surface area contributed by atoms with Gasteiger partial charge >= 0.3 is 12.0 Å². The number of nitrogens with two attached hydrogens (primary N) is 1. The summed E-state index contributed by atoms with van der Waals surface area (Å²) in [5.41, 5.74) is 5.07. The number of imide groups is 1. The molecular weight excluding hydrogens is 414 g/mol. The number of nitrogens with zero attached hydrogens (tertiary/aromatic N) is 1. The third kappa shape index (κ3) is 4.90. The normalized spacial score (nSPS) is 22.3. The van der Waals surface area contributed by atoms with E-state index in [1.54, 1.807) is 31.2 Å². The number of benzene rings is 1. The maximum Gasteiger partial charge on any atom is 0.325 e. The molecule has 2 atom stereocenters. The van der Waals surface area contributed by atoms with Gasteiger partial charge in [-0.05, 0) is 31.2 Å². The molecule has 3 rings (SSSR count). The first-order chi connectivity index (χ1) is 15.1. The number of carbonyl (C=O) groups is 4. The molecule has 6 N–H and O–H groups in total. The maximum atomic E-state index is 13.1. The number of rotatable bonds is 8. The van der Waals surface area contributed by atoms with Gasteiger partial charge in [-0.1, -0.05) is 43.5 Å². The lowest BCUT2D eigenvalue weighted by molar-refractivity contribution is -0.139. The van der Waals surface area contributed by atoms with Crippen molar-refractivity contribution in [3.05, 3.63) is 35.4 Å². The minimum atomic E-state index is -1.36. The van der Waals surface area contributed by atoms with Crippen LogP contribution in [0.1, 0.15) is 56.6 Å². The van der Waals surface area contributed by atoms with E-state index in [0.717, 1.165) is 37.0 Å². The third-order valence-electron chi connectivity index (χ3n) is 6.31. The smallest absolute Gasteiger partial charge is 0.325 e. The van der Waals surface area contributed by atoms with Crippen molar-refractivity contribution in [2.24, 2.45) is 11.7 Å². The van der Waals surface area contributed by atoms with Gasteiger partial charge in [0.2, 0.25) is 5.91 Å². The van der Waals surface area contributed by atoms with Gasteiger partial charge in [0.1, 0.15) is 17.9 Å². The highest BCUT2D eigenvalue weighted by Gasteiger charge is 2.49. The van der Waals surface area contributed by atoms with Gasteiger partial charge in [0.25, 0.3) is 5.91 Å². The summed E-state index contributed by atoms with van der Waals surface area (Å²) in [5.74, 6) is -2.20. The number of urea groups is 1. The monoisotopic (exact) mass is 443 g/mol. The van der Waals surface area contributed by atoms with Crippen LogP contribution in [0.2, 0.25) is 0 Å². The average molecular weight is 444 g/mol. The zero-order valence-electron chi connectivity index (χ0n) is 18.0. The summed E-state index contributed by atoms with van der Waals surface area (Å²) < 4.78 is 0. The predicted molar refractivity (Wildman–Crippen MR) is 116 cm³/mol. The molecule has 0 unspecified atom stereocenters. The second kappa shape index (κ2) is 9.37. The Labute approximate surface area is 186 Å². The van der Waals surface area contributed by atoms with Crippen molar-refractivity contribution in [3.63, 3.8) is 0 Å². The van der Waals surface area contributed by atoms with Crippen LogP contribution >= 0.6 is 0 Å². The van der Waals surface area contributed by atoms with Crippen LogP contribution in [0.3, 0.4) is 0 Å². The average Bonchev–Trinajstić information content (AvgIpc) is 2.97. The lowest BCUT2D eigenvalue weighted by Gasteiger charge is -2.30. The number of carbonyl (C=O) groups excluding carboxylic acids is 3. The molecule has 2 aliphatic rings. The van der Waals surface area contributed by atoms with Crippen LogP contribution in [0, 0.1) is 11.3 Å². The van der Waals surface area contributed by atoms with Gasteiger partial charge in [-0.15, -0.1) is 0 Å². The zero-order valence-corrected chi connectivity index (χ0v) is 18.0. The minimum absolute atomic E-state index is 0.0666. The van der Waals surface area contributed by atoms with Crippen LogP contribution < -0.4 is 16.4 Å². The zero-order chi connectivity index (χ0) is 23.5. The lowest BCUT2D eigenvalue weighted by Crippen LogP contribution is -2.48. The Morgan fingerprint density at radius 1 is 1.25 bits per heavy atom. The highest BCUT2D eigenvalue weighted by atomic mass is 16.4. The molecule has 0 radical (unpaired) electrons. The number of nitrogens with one attached hydrogen (secondary N) is 3. The number of carboxylic acids is 1. The molecule has 4 amide bonds. The van der Waals surface area contributed by atoms with Crippen LogP contribution in [-0.4, -0.2) is 52.2 Å². The van der Waals surface area contributed by atoms with Gasteiger partial charge in [0, 0.05) is 11.6 Å². The molecule has 10 heteroatoms. The molecule has 0 bridgehead atoms. The van der Waals surface area contributed by atoms with Gasteiger partial charge in [0.15, 0.2) is 0 Å². The Hall–Kier alpha value is -3.43. The van der Waals surface area contributed by atoms with E-state index >= 15 is 0 Å². The molecule has 1 aliphatic heterocycles. The van der Waals surface area contributed by atoms with Gasteiger partial charge < -0.3 is 21.5 Å². The fourth-order valence-corrected chi connectivity index (χ4v) is 4.48. The number of aliphatic carboxylic acids is 1. The molecule has 0 aromatic heterocycles. The lowest BCUT2D eigenvalue weighted by atomic mass is 9.82. The summed E-state index contributed by atoms with van der Waals surface area (Å²) in [6.07, 6.45) is 4.57. The van der Waals surface area contributed by atoms with E-state index in [2.05, 4.69) is 10.6 Å². The minimum Gasteiger partial charge on any atom is -0.481 e. The molecule has 0 spiro atoms. The molecule has 1 heterocycles. The largest absolute Gasteiger partial charge is 0.481 e. The van der Waals surface area contributed by atoms with Crippen LogP contribution in [0.4, 0.5) is 4.79 Å². The van der Waals surface area contributed by atoms with Crippen molar-refractivity contribution in [1.29, 1.82) is 5.41 Å². The number of amidine groups is 1. The number of nitrogen functional groups attached to an aromatic ring is 1. The quantitative estimate of drug-likeness (QED) is 0.230. The molecular formula is C22H29N5O5. The molecule has 1 aromatic carbocycles. The van der Waals surface area contributed by atoms with E-state index in [9.17, 15) is 24.3 Å². The fraction of sp³-hybridized carbons (Fsp3) is 0.500. The van der Waals surface area contributed by atoms with E-state index in [1.807, 2.05) is 0 Å². The summed E-state index contributed by atoms with van der Waals surface area (Å²) in [5, 5.41) is 22.1. The fourth-order valence-electron chi connectivity index (χ4n) is 4.48. The molecule has 10 nitrogen and oxygen atoms in total. The highest BCUT2D eigenvalue weighted by Crippen LogP contribution is 2.30. The van der Waals surface area contributed by atoms with Crippen molar-refractivity contribution < 1.29 is 24.3 Å². The summed E-state index contributed by atoms with van der Waals surface area (Å²) in [6.45, 7) is 1.05. The van der Waals surface area contributed by atoms with Crippen molar-refractivity contribution >= 4 is 29.7 Å². The number of hydrogen-bond acceptors (Lipinski definition) is 5. The van der Waals surface area contributed by atoms with E-state index in [4.69, 9.17) is 11.1 Å². The van der Waals surface area contributed by atoms with Crippen LogP contribution in [0.5, 0.6) is 0 Å². The predicted octanol–water partition coefficient (Wildman–Crippen LogP) is 1.28. The third-order valence-corrected chi connectivity index (χ3v) is 6.31. The first kappa shape index (κ1) is 23.2. The molecule has 32 heavy (non-hydrogen) atoms.